The number of aromatic nitrogens is 1. The van der Waals surface area contributed by atoms with Crippen LogP contribution in [-0.2, 0) is 14.3 Å². The Bertz CT molecular complexity index is 1230. The molecule has 6 nitrogen and oxygen atoms in total. The van der Waals surface area contributed by atoms with Crippen LogP contribution in [0.25, 0.3) is 6.08 Å². The number of benzene rings is 2. The zero-order chi connectivity index (χ0) is 23.7. The second kappa shape index (κ2) is 9.58. The van der Waals surface area contributed by atoms with Gasteiger partial charge in [0.2, 0.25) is 5.91 Å². The number of esters is 1. The molecule has 3 aromatic rings. The Morgan fingerprint density at radius 1 is 1.12 bits per heavy atom. The van der Waals surface area contributed by atoms with Crippen LogP contribution in [0.3, 0.4) is 0 Å². The molecule has 0 spiro atoms. The van der Waals surface area contributed by atoms with Crippen molar-refractivity contribution >= 4 is 41.1 Å². The van der Waals surface area contributed by atoms with Gasteiger partial charge < -0.3 is 10.5 Å². The zero-order valence-electron chi connectivity index (χ0n) is 18.5. The summed E-state index contributed by atoms with van der Waals surface area (Å²) in [6.07, 6.45) is 3.22. The van der Waals surface area contributed by atoms with Crippen molar-refractivity contribution in [3.05, 3.63) is 105 Å². The Labute approximate surface area is 206 Å². The van der Waals surface area contributed by atoms with Gasteiger partial charge in [-0.05, 0) is 29.7 Å². The molecule has 2 aromatic carbocycles. The largest absolute Gasteiger partial charge is 0.448 e. The fourth-order valence-electron chi connectivity index (χ4n) is 4.05. The molecule has 1 saturated heterocycles. The number of carbonyl (C=O) groups excluding carboxylic acids is 2. The molecule has 0 saturated carbocycles. The van der Waals surface area contributed by atoms with E-state index in [1.807, 2.05) is 79.7 Å². The minimum atomic E-state index is -0.610. The monoisotopic (exact) mass is 489 g/mol. The summed E-state index contributed by atoms with van der Waals surface area (Å²) >= 11 is 3.08. The Hall–Kier alpha value is -3.20. The van der Waals surface area contributed by atoms with Crippen molar-refractivity contribution in [3.63, 3.8) is 0 Å². The summed E-state index contributed by atoms with van der Waals surface area (Å²) in [6, 6.07) is 18.6. The minimum absolute atomic E-state index is 0.260. The molecule has 2 aliphatic heterocycles. The molecule has 1 fully saturated rings. The number of hydrogen-bond acceptors (Lipinski definition) is 7. The standard InChI is InChI=1S/C26H23N3O3S2/c1-16-20(34-15-28-16)13-12-19-14-33-25-21(27)24(30)29(25)22(19)26(31)32-23(17-8-4-2-5-9-17)18-10-6-3-7-11-18/h2-13,15,21,23,25H,14,27H2,1H3/b13-12-/t21?,25-/m1/s1. The third kappa shape index (κ3) is 4.20. The van der Waals surface area contributed by atoms with E-state index in [4.69, 9.17) is 10.5 Å². The van der Waals surface area contributed by atoms with Crippen LogP contribution in [-0.4, -0.2) is 38.9 Å². The first-order chi connectivity index (χ1) is 16.5. The van der Waals surface area contributed by atoms with Crippen LogP contribution >= 0.6 is 23.1 Å². The highest BCUT2D eigenvalue weighted by Gasteiger charge is 2.52. The molecular formula is C26H23N3O3S2. The lowest BCUT2D eigenvalue weighted by molar-refractivity contribution is -0.153. The van der Waals surface area contributed by atoms with Crippen LogP contribution in [0, 0.1) is 6.92 Å². The SMILES string of the molecule is Cc1ncsc1/C=C\C1=C(C(=O)OC(c2ccccc2)c2ccccc2)N2C(=O)C(N)[C@H]2SC1. The lowest BCUT2D eigenvalue weighted by Crippen LogP contribution is -2.68. The number of amides is 1. The van der Waals surface area contributed by atoms with Crippen LogP contribution in [0.5, 0.6) is 0 Å². The van der Waals surface area contributed by atoms with Gasteiger partial charge in [0, 0.05) is 10.6 Å². The number of fused-ring (bicyclic) bond motifs is 1. The van der Waals surface area contributed by atoms with Crippen molar-refractivity contribution in [2.45, 2.75) is 24.4 Å². The van der Waals surface area contributed by atoms with Crippen LogP contribution in [0.1, 0.15) is 27.8 Å². The van der Waals surface area contributed by atoms with Crippen LogP contribution in [0.15, 0.2) is 83.5 Å². The lowest BCUT2D eigenvalue weighted by Gasteiger charge is -2.48. The number of thiazole rings is 1. The fourth-order valence-corrected chi connectivity index (χ4v) is 6.01. The summed E-state index contributed by atoms with van der Waals surface area (Å²) < 4.78 is 6.10. The third-order valence-electron chi connectivity index (χ3n) is 5.88. The second-order valence-corrected chi connectivity index (χ2v) is 10.0. The number of carbonyl (C=O) groups is 2. The van der Waals surface area contributed by atoms with Crippen molar-refractivity contribution in [1.82, 2.24) is 9.88 Å². The smallest absolute Gasteiger partial charge is 0.356 e. The first kappa shape index (κ1) is 22.6. The molecule has 2 N–H and O–H groups in total. The van der Waals surface area contributed by atoms with Gasteiger partial charge >= 0.3 is 5.97 Å². The summed E-state index contributed by atoms with van der Waals surface area (Å²) in [5, 5.41) is -0.260. The van der Waals surface area contributed by atoms with Gasteiger partial charge in [-0.25, -0.2) is 9.78 Å². The van der Waals surface area contributed by atoms with Crippen molar-refractivity contribution in [2.75, 3.05) is 5.75 Å². The van der Waals surface area contributed by atoms with Gasteiger partial charge in [-0.2, -0.15) is 0 Å². The van der Waals surface area contributed by atoms with Crippen molar-refractivity contribution in [2.24, 2.45) is 5.73 Å². The highest BCUT2D eigenvalue weighted by molar-refractivity contribution is 8.00. The maximum atomic E-state index is 13.7. The predicted molar refractivity (Wildman–Crippen MR) is 135 cm³/mol. The van der Waals surface area contributed by atoms with Gasteiger partial charge in [0.25, 0.3) is 0 Å². The quantitative estimate of drug-likeness (QED) is 0.411. The first-order valence-corrected chi connectivity index (χ1v) is 12.8. The molecule has 1 amide bonds. The molecule has 1 aromatic heterocycles. The summed E-state index contributed by atoms with van der Waals surface area (Å²) in [7, 11) is 0. The summed E-state index contributed by atoms with van der Waals surface area (Å²) in [6.45, 7) is 1.94. The number of nitrogens with two attached hydrogens (primary N) is 1. The maximum Gasteiger partial charge on any atom is 0.356 e. The van der Waals surface area contributed by atoms with E-state index >= 15 is 0 Å². The molecule has 2 atom stereocenters. The molecule has 8 heteroatoms. The lowest BCUT2D eigenvalue weighted by atomic mass is 10.0. The van der Waals surface area contributed by atoms with Gasteiger partial charge in [0.15, 0.2) is 6.10 Å². The molecule has 34 heavy (non-hydrogen) atoms. The Balaban J connectivity index is 1.52. The first-order valence-electron chi connectivity index (χ1n) is 10.9. The van der Waals surface area contributed by atoms with Crippen molar-refractivity contribution in [1.29, 1.82) is 0 Å². The summed E-state index contributed by atoms with van der Waals surface area (Å²) in [4.78, 5) is 33.1. The molecule has 0 aliphatic carbocycles. The van der Waals surface area contributed by atoms with E-state index in [-0.39, 0.29) is 17.0 Å². The van der Waals surface area contributed by atoms with E-state index in [2.05, 4.69) is 4.98 Å². The van der Waals surface area contributed by atoms with E-state index in [0.717, 1.165) is 27.3 Å². The number of hydrogen-bond donors (Lipinski definition) is 1. The number of allylic oxidation sites excluding steroid dienone is 1. The van der Waals surface area contributed by atoms with E-state index in [1.54, 1.807) is 17.3 Å². The van der Waals surface area contributed by atoms with Crippen LogP contribution in [0.2, 0.25) is 0 Å². The topological polar surface area (TPSA) is 85.5 Å². The van der Waals surface area contributed by atoms with E-state index < -0.39 is 18.1 Å². The van der Waals surface area contributed by atoms with E-state index in [9.17, 15) is 9.59 Å². The third-order valence-corrected chi connectivity index (χ3v) is 8.10. The number of nitrogens with zero attached hydrogens (tertiary/aromatic N) is 2. The highest BCUT2D eigenvalue weighted by Crippen LogP contribution is 2.41. The molecule has 5 rings (SSSR count). The minimum Gasteiger partial charge on any atom is -0.448 e. The molecular weight excluding hydrogens is 466 g/mol. The van der Waals surface area contributed by atoms with Crippen molar-refractivity contribution in [3.8, 4) is 0 Å². The predicted octanol–water partition coefficient (Wildman–Crippen LogP) is 4.29. The van der Waals surface area contributed by atoms with E-state index in [0.29, 0.717) is 5.75 Å². The normalized spacial score (nSPS) is 20.0. The molecule has 172 valence electrons. The van der Waals surface area contributed by atoms with Crippen LogP contribution in [0.4, 0.5) is 0 Å². The average Bonchev–Trinajstić information content (AvgIpc) is 3.30. The van der Waals surface area contributed by atoms with Crippen LogP contribution < -0.4 is 5.73 Å². The molecule has 0 radical (unpaired) electrons. The average molecular weight is 490 g/mol. The molecule has 2 aliphatic rings. The Morgan fingerprint density at radius 3 is 2.35 bits per heavy atom. The fraction of sp³-hybridized carbons (Fsp3) is 0.192. The van der Waals surface area contributed by atoms with Gasteiger partial charge in [0.1, 0.15) is 17.1 Å². The van der Waals surface area contributed by atoms with Gasteiger partial charge in [0.05, 0.1) is 11.2 Å². The number of aryl methyl sites for hydroxylation is 1. The molecule has 1 unspecified atom stereocenters. The number of ether oxygens (including phenoxy) is 1. The number of rotatable bonds is 6. The Morgan fingerprint density at radius 2 is 1.76 bits per heavy atom. The molecule has 0 bridgehead atoms. The van der Waals surface area contributed by atoms with Gasteiger partial charge in [-0.15, -0.1) is 23.1 Å². The van der Waals surface area contributed by atoms with Gasteiger partial charge in [-0.3, -0.25) is 9.69 Å². The van der Waals surface area contributed by atoms with E-state index in [1.165, 1.54) is 16.2 Å². The maximum absolute atomic E-state index is 13.7. The molecule has 3 heterocycles. The van der Waals surface area contributed by atoms with Crippen molar-refractivity contribution < 1.29 is 14.3 Å². The summed E-state index contributed by atoms with van der Waals surface area (Å²) in [5.41, 5.74) is 11.4. The van der Waals surface area contributed by atoms with Gasteiger partial charge in [-0.1, -0.05) is 66.7 Å². The highest BCUT2D eigenvalue weighted by atomic mass is 32.2. The zero-order valence-corrected chi connectivity index (χ0v) is 20.1. The summed E-state index contributed by atoms with van der Waals surface area (Å²) in [5.74, 6) is -0.244. The number of β-lactam (4-membered cyclic amide) rings is 1. The second-order valence-electron chi connectivity index (χ2n) is 8.05. The number of thioether (sulfide) groups is 1. The Kier molecular flexibility index (Phi) is 6.36.